The maximum absolute atomic E-state index is 13.0. The van der Waals surface area contributed by atoms with Crippen LogP contribution in [0.2, 0.25) is 0 Å². The number of rotatable bonds is 3. The molecule has 1 unspecified atom stereocenters. The number of likely N-dealkylation sites (tertiary alicyclic amines) is 1. The van der Waals surface area contributed by atoms with Gasteiger partial charge in [-0.05, 0) is 79.6 Å². The van der Waals surface area contributed by atoms with Gasteiger partial charge in [0.15, 0.2) is 0 Å². The number of carbonyl (C=O) groups excluding carboxylic acids is 2. The normalized spacial score (nSPS) is 24.7. The van der Waals surface area contributed by atoms with Crippen LogP contribution in [0.1, 0.15) is 43.1 Å². The molecule has 5 nitrogen and oxygen atoms in total. The Labute approximate surface area is 157 Å². The number of hydrogen-bond acceptors (Lipinski definition) is 3. The summed E-state index contributed by atoms with van der Waals surface area (Å²) in [5.41, 5.74) is 1.26. The molecular weight excluding hydrogens is 384 g/mol. The number of benzene rings is 1. The highest BCUT2D eigenvalue weighted by molar-refractivity contribution is 9.10. The van der Waals surface area contributed by atoms with Gasteiger partial charge in [-0.3, -0.25) is 4.79 Å². The van der Waals surface area contributed by atoms with Crippen LogP contribution < -0.4 is 5.32 Å². The average Bonchev–Trinajstić information content (AvgIpc) is 3.15. The van der Waals surface area contributed by atoms with E-state index in [-0.39, 0.29) is 11.9 Å². The van der Waals surface area contributed by atoms with Gasteiger partial charge >= 0.3 is 6.09 Å². The van der Waals surface area contributed by atoms with Crippen molar-refractivity contribution < 1.29 is 14.3 Å². The summed E-state index contributed by atoms with van der Waals surface area (Å²) in [4.78, 5) is 26.8. The first-order valence-corrected chi connectivity index (χ1v) is 9.49. The number of hydrogen-bond donors (Lipinski definition) is 1. The highest BCUT2D eigenvalue weighted by Gasteiger charge is 2.54. The maximum atomic E-state index is 13.0. The Morgan fingerprint density at radius 2 is 2.08 bits per heavy atom. The molecule has 0 bridgehead atoms. The predicted octanol–water partition coefficient (Wildman–Crippen LogP) is 3.74. The molecule has 0 radical (unpaired) electrons. The zero-order valence-corrected chi connectivity index (χ0v) is 16.7. The van der Waals surface area contributed by atoms with Crippen molar-refractivity contribution in [3.05, 3.63) is 33.8 Å². The Morgan fingerprint density at radius 1 is 1.36 bits per heavy atom. The van der Waals surface area contributed by atoms with Gasteiger partial charge in [0, 0.05) is 17.6 Å². The quantitative estimate of drug-likeness (QED) is 0.828. The molecule has 1 N–H and O–H groups in total. The van der Waals surface area contributed by atoms with Crippen LogP contribution in [0.5, 0.6) is 0 Å². The van der Waals surface area contributed by atoms with Gasteiger partial charge in [0.1, 0.15) is 5.60 Å². The first-order valence-electron chi connectivity index (χ1n) is 8.69. The number of nitrogens with zero attached hydrogens (tertiary/aromatic N) is 1. The first kappa shape index (κ1) is 18.2. The van der Waals surface area contributed by atoms with E-state index in [1.165, 1.54) is 0 Å². The summed E-state index contributed by atoms with van der Waals surface area (Å²) in [6, 6.07) is 5.81. The lowest BCUT2D eigenvalue weighted by atomic mass is 10.1. The molecule has 1 aliphatic carbocycles. The van der Waals surface area contributed by atoms with Crippen LogP contribution in [0.15, 0.2) is 22.7 Å². The number of amides is 2. The second kappa shape index (κ2) is 6.63. The van der Waals surface area contributed by atoms with Crippen LogP contribution in [0.4, 0.5) is 4.79 Å². The van der Waals surface area contributed by atoms with Crippen molar-refractivity contribution in [1.82, 2.24) is 10.2 Å². The monoisotopic (exact) mass is 408 g/mol. The minimum atomic E-state index is -0.524. The number of aryl methyl sites for hydroxylation is 1. The molecule has 2 fully saturated rings. The number of nitrogens with one attached hydrogen (secondary N) is 1. The lowest BCUT2D eigenvalue weighted by molar-refractivity contribution is 0.0493. The lowest BCUT2D eigenvalue weighted by Gasteiger charge is -2.29. The van der Waals surface area contributed by atoms with Crippen molar-refractivity contribution in [2.75, 3.05) is 13.1 Å². The summed E-state index contributed by atoms with van der Waals surface area (Å²) in [6.07, 6.45) is 0.708. The number of fused-ring (bicyclic) bond motifs is 1. The Bertz CT molecular complexity index is 698. The molecule has 1 aromatic rings. The number of halogens is 1. The summed E-state index contributed by atoms with van der Waals surface area (Å²) in [7, 11) is 0. The van der Waals surface area contributed by atoms with Gasteiger partial charge in [0.2, 0.25) is 0 Å². The van der Waals surface area contributed by atoms with E-state index in [9.17, 15) is 9.59 Å². The van der Waals surface area contributed by atoms with Crippen LogP contribution in [0.25, 0.3) is 0 Å². The van der Waals surface area contributed by atoms with Gasteiger partial charge in [-0.25, -0.2) is 4.79 Å². The van der Waals surface area contributed by atoms with E-state index in [1.54, 1.807) is 0 Å². The van der Waals surface area contributed by atoms with Crippen LogP contribution in [0.3, 0.4) is 0 Å². The van der Waals surface area contributed by atoms with Crippen LogP contribution >= 0.6 is 15.9 Å². The van der Waals surface area contributed by atoms with Crippen molar-refractivity contribution in [3.63, 3.8) is 0 Å². The van der Waals surface area contributed by atoms with Crippen molar-refractivity contribution >= 4 is 27.9 Å². The standard InChI is InChI=1S/C19H25BrN2O3/c1-11-5-6-13(15(20)7-11)17(23)22-10-12-8-14(12)16(22)9-21-18(24)25-19(2,3)4/h5-7,12,14,16H,8-10H2,1-4H3,(H,21,24)/t12-,14?,16-/m1/s1. The van der Waals surface area contributed by atoms with E-state index in [0.717, 1.165) is 23.0 Å². The minimum absolute atomic E-state index is 0.0232. The van der Waals surface area contributed by atoms with Crippen LogP contribution in [-0.2, 0) is 4.74 Å². The molecule has 1 heterocycles. The molecule has 1 aliphatic heterocycles. The summed E-state index contributed by atoms with van der Waals surface area (Å²) in [5, 5.41) is 2.83. The molecule has 3 atom stereocenters. The predicted molar refractivity (Wildman–Crippen MR) is 99.5 cm³/mol. The molecule has 1 saturated heterocycles. The van der Waals surface area contributed by atoms with Gasteiger partial charge < -0.3 is 15.0 Å². The van der Waals surface area contributed by atoms with Gasteiger partial charge in [-0.2, -0.15) is 0 Å². The van der Waals surface area contributed by atoms with E-state index in [1.807, 2.05) is 50.8 Å². The maximum Gasteiger partial charge on any atom is 0.407 e. The zero-order valence-electron chi connectivity index (χ0n) is 15.1. The fourth-order valence-corrected chi connectivity index (χ4v) is 4.18. The smallest absolute Gasteiger partial charge is 0.407 e. The third-order valence-corrected chi connectivity index (χ3v) is 5.43. The Morgan fingerprint density at radius 3 is 2.72 bits per heavy atom. The molecule has 0 aromatic heterocycles. The Balaban J connectivity index is 1.67. The second-order valence-electron chi connectivity index (χ2n) is 8.05. The Hall–Kier alpha value is -1.56. The molecule has 3 rings (SSSR count). The number of ether oxygens (including phenoxy) is 1. The molecular formula is C19H25BrN2O3. The molecule has 6 heteroatoms. The zero-order chi connectivity index (χ0) is 18.4. The molecule has 1 aromatic carbocycles. The molecule has 0 spiro atoms. The molecule has 2 aliphatic rings. The molecule has 25 heavy (non-hydrogen) atoms. The summed E-state index contributed by atoms with van der Waals surface area (Å²) in [5.74, 6) is 1.08. The van der Waals surface area contributed by atoms with Crippen molar-refractivity contribution in [2.24, 2.45) is 11.8 Å². The topological polar surface area (TPSA) is 58.6 Å². The SMILES string of the molecule is Cc1ccc(C(=O)N2C[C@H]3CC3[C@H]2CNC(=O)OC(C)(C)C)c(Br)c1. The Kier molecular flexibility index (Phi) is 4.84. The fraction of sp³-hybridized carbons (Fsp3) is 0.579. The first-order chi connectivity index (χ1) is 11.7. The van der Waals surface area contributed by atoms with E-state index in [2.05, 4.69) is 21.2 Å². The second-order valence-corrected chi connectivity index (χ2v) is 8.90. The van der Waals surface area contributed by atoms with Gasteiger partial charge in [-0.15, -0.1) is 0 Å². The molecule has 1 saturated carbocycles. The van der Waals surface area contributed by atoms with Crippen molar-refractivity contribution in [2.45, 2.75) is 45.8 Å². The summed E-state index contributed by atoms with van der Waals surface area (Å²) in [6.45, 7) is 8.71. The fourth-order valence-electron chi connectivity index (χ4n) is 3.52. The van der Waals surface area contributed by atoms with E-state index in [4.69, 9.17) is 4.74 Å². The van der Waals surface area contributed by atoms with Crippen molar-refractivity contribution in [1.29, 1.82) is 0 Å². The van der Waals surface area contributed by atoms with Gasteiger partial charge in [-0.1, -0.05) is 6.07 Å². The van der Waals surface area contributed by atoms with Crippen molar-refractivity contribution in [3.8, 4) is 0 Å². The number of alkyl carbamates (subject to hydrolysis) is 1. The van der Waals surface area contributed by atoms with Crippen LogP contribution in [-0.4, -0.2) is 41.6 Å². The summed E-state index contributed by atoms with van der Waals surface area (Å²) >= 11 is 3.50. The highest BCUT2D eigenvalue weighted by Crippen LogP contribution is 2.49. The number of piperidine rings is 1. The number of carbonyl (C=O) groups is 2. The van der Waals surface area contributed by atoms with E-state index in [0.29, 0.717) is 23.9 Å². The lowest BCUT2D eigenvalue weighted by Crippen LogP contribution is -2.46. The van der Waals surface area contributed by atoms with E-state index < -0.39 is 11.7 Å². The minimum Gasteiger partial charge on any atom is -0.444 e. The van der Waals surface area contributed by atoms with Crippen LogP contribution in [0, 0.1) is 18.8 Å². The third kappa shape index (κ3) is 4.17. The largest absolute Gasteiger partial charge is 0.444 e. The molecule has 136 valence electrons. The highest BCUT2D eigenvalue weighted by atomic mass is 79.9. The average molecular weight is 409 g/mol. The third-order valence-electron chi connectivity index (χ3n) is 4.77. The van der Waals surface area contributed by atoms with Gasteiger partial charge in [0.25, 0.3) is 5.91 Å². The van der Waals surface area contributed by atoms with Gasteiger partial charge in [0.05, 0.1) is 11.6 Å². The summed E-state index contributed by atoms with van der Waals surface area (Å²) < 4.78 is 6.11. The molecule has 2 amide bonds. The van der Waals surface area contributed by atoms with E-state index >= 15 is 0 Å².